The molecule has 144 valence electrons. The summed E-state index contributed by atoms with van der Waals surface area (Å²) in [6.07, 6.45) is 0.663. The predicted molar refractivity (Wildman–Crippen MR) is 105 cm³/mol. The van der Waals surface area contributed by atoms with Crippen molar-refractivity contribution in [3.05, 3.63) is 75.6 Å². The van der Waals surface area contributed by atoms with Gasteiger partial charge < -0.3 is 18.8 Å². The lowest BCUT2D eigenvalue weighted by Crippen LogP contribution is -2.31. The van der Waals surface area contributed by atoms with Crippen LogP contribution in [-0.2, 0) is 4.74 Å². The van der Waals surface area contributed by atoms with Gasteiger partial charge in [-0.3, -0.25) is 9.59 Å². The van der Waals surface area contributed by atoms with Crippen molar-refractivity contribution in [2.24, 2.45) is 0 Å². The molecule has 3 aromatic rings. The maximum atomic E-state index is 13.3. The first kappa shape index (κ1) is 18.3. The summed E-state index contributed by atoms with van der Waals surface area (Å²) in [5.41, 5.74) is 1.49. The van der Waals surface area contributed by atoms with E-state index in [1.54, 1.807) is 43.4 Å². The highest BCUT2D eigenvalue weighted by Gasteiger charge is 2.42. The second-order valence-electron chi connectivity index (χ2n) is 6.69. The van der Waals surface area contributed by atoms with Crippen molar-refractivity contribution in [3.63, 3.8) is 0 Å². The molecule has 1 atom stereocenters. The summed E-state index contributed by atoms with van der Waals surface area (Å²) in [6.45, 7) is 0.988. The first-order valence-corrected chi connectivity index (χ1v) is 9.15. The molecule has 0 spiro atoms. The summed E-state index contributed by atoms with van der Waals surface area (Å²) in [4.78, 5) is 28.1. The number of nitrogens with zero attached hydrogens (tertiary/aromatic N) is 1. The first-order valence-electron chi connectivity index (χ1n) is 9.15. The first-order chi connectivity index (χ1) is 13.7. The number of hydrogen-bond acceptors (Lipinski definition) is 5. The average molecular weight is 379 g/mol. The van der Waals surface area contributed by atoms with Crippen LogP contribution in [0.3, 0.4) is 0 Å². The molecule has 0 N–H and O–H groups in total. The van der Waals surface area contributed by atoms with Crippen molar-refractivity contribution < 1.29 is 18.7 Å². The lowest BCUT2D eigenvalue weighted by molar-refractivity contribution is 0.0708. The molecule has 0 unspecified atom stereocenters. The van der Waals surface area contributed by atoms with E-state index in [0.717, 1.165) is 5.56 Å². The molecular weight excluding hydrogens is 358 g/mol. The van der Waals surface area contributed by atoms with Gasteiger partial charge in [-0.25, -0.2) is 0 Å². The summed E-state index contributed by atoms with van der Waals surface area (Å²) in [6, 6.07) is 13.9. The molecule has 2 aromatic carbocycles. The molecule has 2 heterocycles. The van der Waals surface area contributed by atoms with Crippen LogP contribution >= 0.6 is 0 Å². The molecule has 4 rings (SSSR count). The van der Waals surface area contributed by atoms with Crippen molar-refractivity contribution in [2.75, 3.05) is 27.4 Å². The fraction of sp³-hybridized carbons (Fsp3) is 0.273. The molecule has 6 nitrogen and oxygen atoms in total. The minimum atomic E-state index is -0.494. The minimum absolute atomic E-state index is 0.127. The van der Waals surface area contributed by atoms with E-state index >= 15 is 0 Å². The fourth-order valence-corrected chi connectivity index (χ4v) is 3.71. The summed E-state index contributed by atoms with van der Waals surface area (Å²) in [7, 11) is 3.22. The van der Waals surface area contributed by atoms with Gasteiger partial charge >= 0.3 is 0 Å². The number of fused-ring (bicyclic) bond motifs is 2. The molecular formula is C22H21NO5. The van der Waals surface area contributed by atoms with E-state index in [9.17, 15) is 9.59 Å². The van der Waals surface area contributed by atoms with Crippen LogP contribution in [0.1, 0.15) is 34.1 Å². The van der Waals surface area contributed by atoms with Crippen LogP contribution in [0.2, 0.25) is 0 Å². The van der Waals surface area contributed by atoms with Gasteiger partial charge in [-0.2, -0.15) is 0 Å². The standard InChI is InChI=1S/C22H21NO5/c1-26-13-5-12-23-19(14-8-10-15(27-2)11-9-14)18-20(24)16-6-3-4-7-17(16)28-21(18)22(23)25/h3-4,6-11,19H,5,12-13H2,1-2H3/t19-/m0/s1. The van der Waals surface area contributed by atoms with Gasteiger partial charge in [-0.1, -0.05) is 24.3 Å². The lowest BCUT2D eigenvalue weighted by atomic mass is 9.98. The van der Waals surface area contributed by atoms with E-state index in [1.807, 2.05) is 24.3 Å². The number of methoxy groups -OCH3 is 2. The SMILES string of the molecule is COCCCN1C(=O)c2oc3ccccc3c(=O)c2[C@@H]1c1ccc(OC)cc1. The quantitative estimate of drug-likeness (QED) is 0.614. The van der Waals surface area contributed by atoms with E-state index in [-0.39, 0.29) is 17.1 Å². The van der Waals surface area contributed by atoms with E-state index in [0.29, 0.717) is 41.9 Å². The van der Waals surface area contributed by atoms with E-state index < -0.39 is 6.04 Å². The highest BCUT2D eigenvalue weighted by atomic mass is 16.5. The number of rotatable bonds is 6. The van der Waals surface area contributed by atoms with Gasteiger partial charge in [-0.15, -0.1) is 0 Å². The molecule has 1 aliphatic rings. The van der Waals surface area contributed by atoms with E-state index in [4.69, 9.17) is 13.9 Å². The molecule has 0 fully saturated rings. The van der Waals surface area contributed by atoms with Crippen molar-refractivity contribution >= 4 is 16.9 Å². The number of carbonyl (C=O) groups is 1. The molecule has 0 radical (unpaired) electrons. The molecule has 6 heteroatoms. The number of ether oxygens (including phenoxy) is 2. The van der Waals surface area contributed by atoms with Crippen molar-refractivity contribution in [1.29, 1.82) is 0 Å². The number of benzene rings is 2. The summed E-state index contributed by atoms with van der Waals surface area (Å²) in [5, 5.41) is 0.478. The molecule has 1 amide bonds. The molecule has 0 aliphatic carbocycles. The van der Waals surface area contributed by atoms with Crippen LogP contribution in [0.25, 0.3) is 11.0 Å². The summed E-state index contributed by atoms with van der Waals surface area (Å²) < 4.78 is 16.2. The Morgan fingerprint density at radius 1 is 1.04 bits per heavy atom. The lowest BCUT2D eigenvalue weighted by Gasteiger charge is -2.25. The van der Waals surface area contributed by atoms with E-state index in [1.165, 1.54) is 0 Å². The van der Waals surface area contributed by atoms with Crippen LogP contribution in [-0.4, -0.2) is 38.2 Å². The second kappa shape index (κ2) is 7.48. The monoisotopic (exact) mass is 379 g/mol. The molecule has 1 aliphatic heterocycles. The topological polar surface area (TPSA) is 69.0 Å². The van der Waals surface area contributed by atoms with Crippen LogP contribution < -0.4 is 10.2 Å². The second-order valence-corrected chi connectivity index (χ2v) is 6.69. The summed E-state index contributed by atoms with van der Waals surface area (Å²) in [5.74, 6) is 0.571. The van der Waals surface area contributed by atoms with Gasteiger partial charge in [-0.05, 0) is 36.2 Å². The van der Waals surface area contributed by atoms with Crippen molar-refractivity contribution in [3.8, 4) is 5.75 Å². The Hall–Kier alpha value is -3.12. The Bertz CT molecular complexity index is 1070. The van der Waals surface area contributed by atoms with Gasteiger partial charge in [0.2, 0.25) is 5.76 Å². The van der Waals surface area contributed by atoms with Crippen LogP contribution in [0.15, 0.2) is 57.7 Å². The number of amides is 1. The van der Waals surface area contributed by atoms with Gasteiger partial charge in [0.1, 0.15) is 11.3 Å². The predicted octanol–water partition coefficient (Wildman–Crippen LogP) is 3.38. The van der Waals surface area contributed by atoms with Crippen LogP contribution in [0, 0.1) is 0 Å². The maximum absolute atomic E-state index is 13.3. The Labute approximate surface area is 162 Å². The highest BCUT2D eigenvalue weighted by molar-refractivity contribution is 5.99. The normalized spacial score (nSPS) is 15.9. The third kappa shape index (κ3) is 2.96. The van der Waals surface area contributed by atoms with Gasteiger partial charge in [0.05, 0.1) is 24.1 Å². The van der Waals surface area contributed by atoms with Crippen molar-refractivity contribution in [2.45, 2.75) is 12.5 Å². The molecule has 0 saturated carbocycles. The fourth-order valence-electron chi connectivity index (χ4n) is 3.71. The van der Waals surface area contributed by atoms with Gasteiger partial charge in [0.15, 0.2) is 5.43 Å². The van der Waals surface area contributed by atoms with E-state index in [2.05, 4.69) is 0 Å². The number of carbonyl (C=O) groups excluding carboxylic acids is 1. The maximum Gasteiger partial charge on any atom is 0.290 e. The molecule has 28 heavy (non-hydrogen) atoms. The van der Waals surface area contributed by atoms with Crippen LogP contribution in [0.4, 0.5) is 0 Å². The molecule has 1 aromatic heterocycles. The number of para-hydroxylation sites is 1. The Morgan fingerprint density at radius 3 is 2.50 bits per heavy atom. The smallest absolute Gasteiger partial charge is 0.290 e. The van der Waals surface area contributed by atoms with Crippen molar-refractivity contribution in [1.82, 2.24) is 4.90 Å². The third-order valence-electron chi connectivity index (χ3n) is 5.05. The minimum Gasteiger partial charge on any atom is -0.497 e. The van der Waals surface area contributed by atoms with Crippen LogP contribution in [0.5, 0.6) is 5.75 Å². The third-order valence-corrected chi connectivity index (χ3v) is 5.05. The average Bonchev–Trinajstić information content (AvgIpc) is 3.01. The summed E-state index contributed by atoms with van der Waals surface area (Å²) >= 11 is 0. The zero-order chi connectivity index (χ0) is 19.7. The Kier molecular flexibility index (Phi) is 4.88. The zero-order valence-corrected chi connectivity index (χ0v) is 15.8. The highest BCUT2D eigenvalue weighted by Crippen LogP contribution is 2.38. The number of hydrogen-bond donors (Lipinski definition) is 0. The Morgan fingerprint density at radius 2 is 1.79 bits per heavy atom. The zero-order valence-electron chi connectivity index (χ0n) is 15.8. The Balaban J connectivity index is 1.88. The van der Waals surface area contributed by atoms with Gasteiger partial charge in [0.25, 0.3) is 5.91 Å². The largest absolute Gasteiger partial charge is 0.497 e. The van der Waals surface area contributed by atoms with Gasteiger partial charge in [0, 0.05) is 20.3 Å². The molecule has 0 saturated heterocycles. The molecule has 0 bridgehead atoms.